The molecule has 3 rings (SSSR count). The van der Waals surface area contributed by atoms with Crippen LogP contribution in [0.2, 0.25) is 0 Å². The highest BCUT2D eigenvalue weighted by Crippen LogP contribution is 2.45. The fourth-order valence-corrected chi connectivity index (χ4v) is 3.00. The van der Waals surface area contributed by atoms with Gasteiger partial charge in [-0.3, -0.25) is 4.79 Å². The maximum atomic E-state index is 13.2. The summed E-state index contributed by atoms with van der Waals surface area (Å²) in [6.07, 6.45) is 0.784. The van der Waals surface area contributed by atoms with E-state index in [2.05, 4.69) is 15.6 Å². The number of anilines is 1. The number of nitrogens with one attached hydrogen (secondary N) is 2. The number of hydrogen-bond acceptors (Lipinski definition) is 3. The summed E-state index contributed by atoms with van der Waals surface area (Å²) in [5, 5.41) is 5.45. The van der Waals surface area contributed by atoms with Crippen LogP contribution in [-0.2, 0) is 4.79 Å². The number of benzene rings is 1. The molecular formula is C17H20F2N4O. The number of halogens is 2. The van der Waals surface area contributed by atoms with E-state index >= 15 is 0 Å². The van der Waals surface area contributed by atoms with E-state index in [1.807, 2.05) is 30.5 Å². The average Bonchev–Trinajstić information content (AvgIpc) is 2.85. The molecule has 2 aromatic rings. The molecule has 0 saturated heterocycles. The first-order valence-electron chi connectivity index (χ1n) is 7.75. The maximum Gasteiger partial charge on any atom is 0.252 e. The molecule has 1 aliphatic rings. The molecule has 2 N–H and O–H groups in total. The lowest BCUT2D eigenvalue weighted by molar-refractivity contribution is -0.157. The first kappa shape index (κ1) is 16.6. The summed E-state index contributed by atoms with van der Waals surface area (Å²) in [4.78, 5) is 16.6. The molecule has 128 valence electrons. The summed E-state index contributed by atoms with van der Waals surface area (Å²) in [6, 6.07) is 7.21. The molecule has 0 aliphatic heterocycles. The first-order chi connectivity index (χ1) is 11.3. The molecule has 1 aromatic carbocycles. The average molecular weight is 334 g/mol. The van der Waals surface area contributed by atoms with Gasteiger partial charge in [0, 0.05) is 29.9 Å². The van der Waals surface area contributed by atoms with Gasteiger partial charge in [0.05, 0.1) is 12.0 Å². The first-order valence-corrected chi connectivity index (χ1v) is 7.75. The van der Waals surface area contributed by atoms with Gasteiger partial charge in [-0.25, -0.2) is 13.8 Å². The van der Waals surface area contributed by atoms with Crippen molar-refractivity contribution in [2.45, 2.75) is 38.2 Å². The molecule has 24 heavy (non-hydrogen) atoms. The van der Waals surface area contributed by atoms with Crippen molar-refractivity contribution in [3.63, 3.8) is 0 Å². The highest BCUT2D eigenvalue weighted by molar-refractivity contribution is 5.99. The lowest BCUT2D eigenvalue weighted by atomic mass is 9.72. The summed E-state index contributed by atoms with van der Waals surface area (Å²) in [6.45, 7) is 3.91. The SMILES string of the molecule is CNC1(C(=O)Nc2ccc(-n3cnc(C)c3C)cc2)CC(F)(F)C1. The Bertz CT molecular complexity index is 759. The molecule has 1 fully saturated rings. The van der Waals surface area contributed by atoms with E-state index in [4.69, 9.17) is 0 Å². The number of alkyl halides is 2. The van der Waals surface area contributed by atoms with Gasteiger partial charge in [-0.15, -0.1) is 0 Å². The molecular weight excluding hydrogens is 314 g/mol. The molecule has 0 spiro atoms. The summed E-state index contributed by atoms with van der Waals surface area (Å²) < 4.78 is 28.3. The Morgan fingerprint density at radius 2 is 1.83 bits per heavy atom. The van der Waals surface area contributed by atoms with Crippen LogP contribution < -0.4 is 10.6 Å². The van der Waals surface area contributed by atoms with Crippen molar-refractivity contribution >= 4 is 11.6 Å². The number of carbonyl (C=O) groups excluding carboxylic acids is 1. The fourth-order valence-electron chi connectivity index (χ4n) is 3.00. The zero-order chi connectivity index (χ0) is 17.5. The van der Waals surface area contributed by atoms with E-state index in [1.54, 1.807) is 18.5 Å². The number of imidazole rings is 1. The van der Waals surface area contributed by atoms with Gasteiger partial charge < -0.3 is 15.2 Å². The molecule has 0 radical (unpaired) electrons. The van der Waals surface area contributed by atoms with Gasteiger partial charge in [-0.2, -0.15) is 0 Å². The normalized spacial score (nSPS) is 18.0. The number of nitrogens with zero attached hydrogens (tertiary/aromatic N) is 2. The van der Waals surface area contributed by atoms with Gasteiger partial charge in [0.1, 0.15) is 5.54 Å². The van der Waals surface area contributed by atoms with Gasteiger partial charge in [0.15, 0.2) is 0 Å². The van der Waals surface area contributed by atoms with Gasteiger partial charge in [-0.1, -0.05) is 0 Å². The molecule has 1 heterocycles. The monoisotopic (exact) mass is 334 g/mol. The summed E-state index contributed by atoms with van der Waals surface area (Å²) in [5.41, 5.74) is 2.29. The smallest absolute Gasteiger partial charge is 0.252 e. The van der Waals surface area contributed by atoms with Crippen molar-refractivity contribution in [1.82, 2.24) is 14.9 Å². The number of likely N-dealkylation sites (N-methyl/N-ethyl adjacent to an activating group) is 1. The lowest BCUT2D eigenvalue weighted by Crippen LogP contribution is -2.66. The van der Waals surface area contributed by atoms with Crippen LogP contribution in [-0.4, -0.2) is 34.0 Å². The second-order valence-corrected chi connectivity index (χ2v) is 6.33. The molecule has 0 atom stereocenters. The standard InChI is InChI=1S/C17H20F2N4O/c1-11-12(2)23(10-21-11)14-6-4-13(5-7-14)22-15(24)16(20-3)8-17(18,19)9-16/h4-7,10,20H,8-9H2,1-3H3,(H,22,24). The van der Waals surface area contributed by atoms with E-state index in [0.29, 0.717) is 5.69 Å². The minimum atomic E-state index is -2.78. The van der Waals surface area contributed by atoms with Crippen molar-refractivity contribution in [2.75, 3.05) is 12.4 Å². The van der Waals surface area contributed by atoms with Crippen LogP contribution >= 0.6 is 0 Å². The fraction of sp³-hybridized carbons (Fsp3) is 0.412. The van der Waals surface area contributed by atoms with E-state index in [9.17, 15) is 13.6 Å². The quantitative estimate of drug-likeness (QED) is 0.904. The van der Waals surface area contributed by atoms with E-state index in [-0.39, 0.29) is 0 Å². The van der Waals surface area contributed by atoms with Gasteiger partial charge >= 0.3 is 0 Å². The van der Waals surface area contributed by atoms with Crippen LogP contribution in [0.4, 0.5) is 14.5 Å². The van der Waals surface area contributed by atoms with Gasteiger partial charge in [-0.05, 0) is 45.2 Å². The Morgan fingerprint density at radius 3 is 2.29 bits per heavy atom. The molecule has 1 amide bonds. The van der Waals surface area contributed by atoms with Crippen LogP contribution in [0.1, 0.15) is 24.2 Å². The number of rotatable bonds is 4. The Balaban J connectivity index is 1.73. The van der Waals surface area contributed by atoms with E-state index < -0.39 is 30.2 Å². The number of amides is 1. The third-order valence-electron chi connectivity index (χ3n) is 4.69. The maximum absolute atomic E-state index is 13.2. The molecule has 1 aromatic heterocycles. The number of carbonyl (C=O) groups is 1. The minimum absolute atomic E-state index is 0.432. The Labute approximate surface area is 139 Å². The molecule has 1 saturated carbocycles. The zero-order valence-corrected chi connectivity index (χ0v) is 13.9. The Kier molecular flexibility index (Phi) is 3.91. The second kappa shape index (κ2) is 5.66. The lowest BCUT2D eigenvalue weighted by Gasteiger charge is -2.45. The second-order valence-electron chi connectivity index (χ2n) is 6.33. The highest BCUT2D eigenvalue weighted by atomic mass is 19.3. The van der Waals surface area contributed by atoms with Gasteiger partial charge in [0.25, 0.3) is 5.92 Å². The number of aryl methyl sites for hydroxylation is 1. The predicted molar refractivity (Wildman–Crippen MR) is 87.6 cm³/mol. The largest absolute Gasteiger partial charge is 0.324 e. The van der Waals surface area contributed by atoms with Crippen LogP contribution in [0.25, 0.3) is 5.69 Å². The third kappa shape index (κ3) is 2.80. The summed E-state index contributed by atoms with van der Waals surface area (Å²) in [5.74, 6) is -3.21. The van der Waals surface area contributed by atoms with Crippen molar-refractivity contribution in [3.05, 3.63) is 42.0 Å². The third-order valence-corrected chi connectivity index (χ3v) is 4.69. The molecule has 7 heteroatoms. The topological polar surface area (TPSA) is 59.0 Å². The Morgan fingerprint density at radius 1 is 1.21 bits per heavy atom. The zero-order valence-electron chi connectivity index (χ0n) is 13.9. The molecule has 0 bridgehead atoms. The van der Waals surface area contributed by atoms with Crippen molar-refractivity contribution in [2.24, 2.45) is 0 Å². The molecule has 1 aliphatic carbocycles. The van der Waals surface area contributed by atoms with Crippen molar-refractivity contribution < 1.29 is 13.6 Å². The van der Waals surface area contributed by atoms with Crippen molar-refractivity contribution in [1.29, 1.82) is 0 Å². The number of aromatic nitrogens is 2. The van der Waals surface area contributed by atoms with E-state index in [1.165, 1.54) is 7.05 Å². The van der Waals surface area contributed by atoms with Crippen LogP contribution in [0, 0.1) is 13.8 Å². The van der Waals surface area contributed by atoms with Crippen molar-refractivity contribution in [3.8, 4) is 5.69 Å². The van der Waals surface area contributed by atoms with E-state index in [0.717, 1.165) is 17.1 Å². The minimum Gasteiger partial charge on any atom is -0.324 e. The predicted octanol–water partition coefficient (Wildman–Crippen LogP) is 2.81. The van der Waals surface area contributed by atoms with Crippen LogP contribution in [0.3, 0.4) is 0 Å². The summed E-state index contributed by atoms with van der Waals surface area (Å²) >= 11 is 0. The Hall–Kier alpha value is -2.28. The van der Waals surface area contributed by atoms with Crippen LogP contribution in [0.15, 0.2) is 30.6 Å². The number of hydrogen-bond donors (Lipinski definition) is 2. The molecule has 0 unspecified atom stereocenters. The molecule has 5 nitrogen and oxygen atoms in total. The van der Waals surface area contributed by atoms with Gasteiger partial charge in [0.2, 0.25) is 5.91 Å². The highest BCUT2D eigenvalue weighted by Gasteiger charge is 2.60. The van der Waals surface area contributed by atoms with Crippen LogP contribution in [0.5, 0.6) is 0 Å². The summed E-state index contributed by atoms with van der Waals surface area (Å²) in [7, 11) is 1.53.